The minimum Gasteiger partial charge on any atom is -0.310 e. The van der Waals surface area contributed by atoms with E-state index >= 15 is 0 Å². The molecule has 0 aliphatic carbocycles. The van der Waals surface area contributed by atoms with Gasteiger partial charge in [-0.05, 0) is 31.0 Å². The van der Waals surface area contributed by atoms with Crippen LogP contribution in [-0.4, -0.2) is 0 Å². The number of halogens is 1. The van der Waals surface area contributed by atoms with Crippen molar-refractivity contribution in [3.63, 3.8) is 0 Å². The molecule has 0 fully saturated rings. The highest BCUT2D eigenvalue weighted by Crippen LogP contribution is 2.19. The van der Waals surface area contributed by atoms with Crippen molar-refractivity contribution in [2.75, 3.05) is 0 Å². The van der Waals surface area contributed by atoms with Gasteiger partial charge in [0.15, 0.2) is 0 Å². The molecule has 3 heteroatoms. The van der Waals surface area contributed by atoms with E-state index < -0.39 is 5.54 Å². The van der Waals surface area contributed by atoms with E-state index in [9.17, 15) is 4.39 Å². The first kappa shape index (κ1) is 9.69. The summed E-state index contributed by atoms with van der Waals surface area (Å²) in [4.78, 5) is 0. The molecule has 0 aliphatic rings. The summed E-state index contributed by atoms with van der Waals surface area (Å²) >= 11 is 0. The molecule has 68 valence electrons. The summed E-state index contributed by atoms with van der Waals surface area (Å²) in [6, 6.07) is 6.42. The van der Waals surface area contributed by atoms with Gasteiger partial charge < -0.3 is 5.73 Å². The number of hydrogen-bond acceptors (Lipinski definition) is 2. The number of nitrogens with two attached hydrogens (primary N) is 1. The van der Waals surface area contributed by atoms with E-state index in [2.05, 4.69) is 0 Å². The SMILES string of the molecule is Cc1cc(C(C)(N)C#N)ccc1F. The highest BCUT2D eigenvalue weighted by molar-refractivity contribution is 5.33. The Morgan fingerprint density at radius 2 is 2.15 bits per heavy atom. The van der Waals surface area contributed by atoms with Crippen LogP contribution >= 0.6 is 0 Å². The molecule has 0 amide bonds. The van der Waals surface area contributed by atoms with Crippen LogP contribution in [0.15, 0.2) is 18.2 Å². The maximum Gasteiger partial charge on any atom is 0.126 e. The zero-order valence-corrected chi connectivity index (χ0v) is 7.63. The third-order valence-corrected chi connectivity index (χ3v) is 1.99. The van der Waals surface area contributed by atoms with E-state index in [0.29, 0.717) is 11.1 Å². The average molecular weight is 178 g/mol. The molecule has 2 N–H and O–H groups in total. The fourth-order valence-electron chi connectivity index (χ4n) is 1.03. The summed E-state index contributed by atoms with van der Waals surface area (Å²) in [5.74, 6) is -0.280. The summed E-state index contributed by atoms with van der Waals surface area (Å²) in [6.07, 6.45) is 0. The largest absolute Gasteiger partial charge is 0.310 e. The molecule has 0 radical (unpaired) electrons. The second-order valence-corrected chi connectivity index (χ2v) is 3.28. The second kappa shape index (κ2) is 3.15. The predicted molar refractivity (Wildman–Crippen MR) is 48.3 cm³/mol. The standard InChI is InChI=1S/C10H11FN2/c1-7-5-8(3-4-9(7)11)10(2,13)6-12/h3-5H,13H2,1-2H3. The number of aryl methyl sites for hydroxylation is 1. The summed E-state index contributed by atoms with van der Waals surface area (Å²) < 4.78 is 12.9. The van der Waals surface area contributed by atoms with Crippen molar-refractivity contribution in [2.24, 2.45) is 5.73 Å². The van der Waals surface area contributed by atoms with Crippen LogP contribution in [0, 0.1) is 24.1 Å². The van der Waals surface area contributed by atoms with Gasteiger partial charge in [-0.25, -0.2) is 4.39 Å². The smallest absolute Gasteiger partial charge is 0.126 e. The molecule has 0 saturated heterocycles. The molecule has 1 atom stereocenters. The molecule has 0 heterocycles. The first-order chi connectivity index (χ1) is 5.97. The van der Waals surface area contributed by atoms with Crippen LogP contribution in [-0.2, 0) is 5.54 Å². The van der Waals surface area contributed by atoms with Gasteiger partial charge in [-0.3, -0.25) is 0 Å². The number of benzene rings is 1. The number of rotatable bonds is 1. The van der Waals surface area contributed by atoms with Crippen LogP contribution in [0.2, 0.25) is 0 Å². The van der Waals surface area contributed by atoms with E-state index in [0.717, 1.165) is 0 Å². The Hall–Kier alpha value is -1.40. The van der Waals surface area contributed by atoms with Crippen molar-refractivity contribution in [1.82, 2.24) is 0 Å². The van der Waals surface area contributed by atoms with Crippen LogP contribution in [0.1, 0.15) is 18.1 Å². The van der Waals surface area contributed by atoms with Crippen LogP contribution in [0.3, 0.4) is 0 Å². The van der Waals surface area contributed by atoms with Crippen molar-refractivity contribution in [1.29, 1.82) is 5.26 Å². The molecular formula is C10H11FN2. The topological polar surface area (TPSA) is 49.8 Å². The lowest BCUT2D eigenvalue weighted by atomic mass is 9.94. The summed E-state index contributed by atoms with van der Waals surface area (Å²) in [5.41, 5.74) is 5.77. The summed E-state index contributed by atoms with van der Waals surface area (Å²) in [5, 5.41) is 8.74. The Bertz CT molecular complexity index is 364. The summed E-state index contributed by atoms with van der Waals surface area (Å²) in [7, 11) is 0. The Labute approximate surface area is 76.8 Å². The fraction of sp³-hybridized carbons (Fsp3) is 0.300. The van der Waals surface area contributed by atoms with Gasteiger partial charge in [-0.15, -0.1) is 0 Å². The quantitative estimate of drug-likeness (QED) is 0.713. The van der Waals surface area contributed by atoms with Gasteiger partial charge in [0.25, 0.3) is 0 Å². The number of nitriles is 1. The molecule has 0 bridgehead atoms. The van der Waals surface area contributed by atoms with Gasteiger partial charge in [0.1, 0.15) is 11.4 Å². The minimum absolute atomic E-state index is 0.280. The lowest BCUT2D eigenvalue weighted by molar-refractivity contribution is 0.607. The predicted octanol–water partition coefficient (Wildman–Crippen LogP) is 1.83. The molecule has 1 unspecified atom stereocenters. The lowest BCUT2D eigenvalue weighted by Crippen LogP contribution is -2.30. The maximum absolute atomic E-state index is 12.9. The van der Waals surface area contributed by atoms with E-state index in [1.807, 2.05) is 6.07 Å². The van der Waals surface area contributed by atoms with Gasteiger partial charge in [-0.2, -0.15) is 5.26 Å². The molecule has 0 aromatic heterocycles. The molecule has 1 rings (SSSR count). The van der Waals surface area contributed by atoms with Gasteiger partial charge in [0.2, 0.25) is 0 Å². The highest BCUT2D eigenvalue weighted by atomic mass is 19.1. The first-order valence-corrected chi connectivity index (χ1v) is 3.94. The van der Waals surface area contributed by atoms with Gasteiger partial charge in [-0.1, -0.05) is 12.1 Å². The first-order valence-electron chi connectivity index (χ1n) is 3.94. The average Bonchev–Trinajstić information content (AvgIpc) is 2.09. The van der Waals surface area contributed by atoms with E-state index in [-0.39, 0.29) is 5.82 Å². The Morgan fingerprint density at radius 3 is 2.62 bits per heavy atom. The fourth-order valence-corrected chi connectivity index (χ4v) is 1.03. The van der Waals surface area contributed by atoms with Crippen molar-refractivity contribution >= 4 is 0 Å². The Morgan fingerprint density at radius 1 is 1.54 bits per heavy atom. The molecule has 1 aromatic rings. The molecule has 2 nitrogen and oxygen atoms in total. The molecular weight excluding hydrogens is 167 g/mol. The molecule has 0 spiro atoms. The van der Waals surface area contributed by atoms with Crippen LogP contribution in [0.25, 0.3) is 0 Å². The molecule has 0 aliphatic heterocycles. The number of hydrogen-bond donors (Lipinski definition) is 1. The summed E-state index contributed by atoms with van der Waals surface area (Å²) in [6.45, 7) is 3.24. The Balaban J connectivity index is 3.20. The molecule has 0 saturated carbocycles. The Kier molecular flexibility index (Phi) is 2.35. The normalized spacial score (nSPS) is 14.7. The van der Waals surface area contributed by atoms with Crippen LogP contribution in [0.4, 0.5) is 4.39 Å². The van der Waals surface area contributed by atoms with Gasteiger partial charge >= 0.3 is 0 Å². The number of nitrogens with zero attached hydrogens (tertiary/aromatic N) is 1. The molecule has 13 heavy (non-hydrogen) atoms. The van der Waals surface area contributed by atoms with Crippen molar-refractivity contribution in [2.45, 2.75) is 19.4 Å². The zero-order valence-electron chi connectivity index (χ0n) is 7.63. The maximum atomic E-state index is 12.9. The highest BCUT2D eigenvalue weighted by Gasteiger charge is 2.20. The van der Waals surface area contributed by atoms with Crippen molar-refractivity contribution in [3.05, 3.63) is 35.1 Å². The lowest BCUT2D eigenvalue weighted by Gasteiger charge is -2.16. The zero-order chi connectivity index (χ0) is 10.1. The van der Waals surface area contributed by atoms with Crippen LogP contribution < -0.4 is 5.73 Å². The van der Waals surface area contributed by atoms with Crippen LogP contribution in [0.5, 0.6) is 0 Å². The van der Waals surface area contributed by atoms with E-state index in [4.69, 9.17) is 11.0 Å². The van der Waals surface area contributed by atoms with Crippen molar-refractivity contribution < 1.29 is 4.39 Å². The van der Waals surface area contributed by atoms with Gasteiger partial charge in [0, 0.05) is 0 Å². The monoisotopic (exact) mass is 178 g/mol. The molecule has 1 aromatic carbocycles. The van der Waals surface area contributed by atoms with Crippen molar-refractivity contribution in [3.8, 4) is 6.07 Å². The third kappa shape index (κ3) is 1.85. The second-order valence-electron chi connectivity index (χ2n) is 3.28. The third-order valence-electron chi connectivity index (χ3n) is 1.99. The van der Waals surface area contributed by atoms with E-state index in [1.165, 1.54) is 12.1 Å². The minimum atomic E-state index is -1.04. The van der Waals surface area contributed by atoms with Gasteiger partial charge in [0.05, 0.1) is 6.07 Å². The van der Waals surface area contributed by atoms with E-state index in [1.54, 1.807) is 19.9 Å².